The molecule has 0 aliphatic carbocycles. The van der Waals surface area contributed by atoms with Gasteiger partial charge in [0.1, 0.15) is 0 Å². The van der Waals surface area contributed by atoms with Crippen LogP contribution in [0, 0.1) is 11.8 Å². The second kappa shape index (κ2) is 5.37. The van der Waals surface area contributed by atoms with Gasteiger partial charge >= 0.3 is 0 Å². The first-order valence-corrected chi connectivity index (χ1v) is 8.24. The summed E-state index contributed by atoms with van der Waals surface area (Å²) >= 11 is 0. The van der Waals surface area contributed by atoms with Gasteiger partial charge in [0.2, 0.25) is 0 Å². The van der Waals surface area contributed by atoms with E-state index < -0.39 is 0 Å². The average Bonchev–Trinajstić information content (AvgIpc) is 2.59. The van der Waals surface area contributed by atoms with Gasteiger partial charge in [0.25, 0.3) is 0 Å². The molecule has 0 aromatic heterocycles. The van der Waals surface area contributed by atoms with Gasteiger partial charge in [0.05, 0.1) is 0 Å². The van der Waals surface area contributed by atoms with Crippen LogP contribution < -0.4 is 0 Å². The van der Waals surface area contributed by atoms with E-state index in [1.807, 2.05) is 0 Å². The summed E-state index contributed by atoms with van der Waals surface area (Å²) in [5.74, 6) is 1.58. The lowest BCUT2D eigenvalue weighted by molar-refractivity contribution is -0.0219. The maximum atomic E-state index is 2.80. The van der Waals surface area contributed by atoms with E-state index in [1.165, 1.54) is 25.9 Å². The molecule has 2 bridgehead atoms. The zero-order valence-corrected chi connectivity index (χ0v) is 14.1. The van der Waals surface area contributed by atoms with Gasteiger partial charge in [-0.25, -0.2) is 0 Å². The number of nitrogens with zero attached hydrogens (tertiary/aromatic N) is 2. The Labute approximate surface area is 120 Å². The van der Waals surface area contributed by atoms with E-state index in [2.05, 4.69) is 58.3 Å². The summed E-state index contributed by atoms with van der Waals surface area (Å²) < 4.78 is 0. The van der Waals surface area contributed by atoms with Crippen molar-refractivity contribution in [2.24, 2.45) is 11.8 Å². The van der Waals surface area contributed by atoms with Crippen LogP contribution in [0.15, 0.2) is 0 Å². The van der Waals surface area contributed by atoms with Crippen LogP contribution in [0.5, 0.6) is 0 Å². The Morgan fingerprint density at radius 2 is 1.37 bits per heavy atom. The molecule has 0 spiro atoms. The van der Waals surface area contributed by atoms with Crippen LogP contribution in [0.25, 0.3) is 0 Å². The fourth-order valence-corrected chi connectivity index (χ4v) is 4.25. The molecule has 2 rings (SSSR count). The van der Waals surface area contributed by atoms with Crippen LogP contribution in [0.4, 0.5) is 0 Å². The van der Waals surface area contributed by atoms with Crippen LogP contribution in [-0.2, 0) is 0 Å². The highest BCUT2D eigenvalue weighted by Crippen LogP contribution is 2.37. The molecule has 2 aliphatic heterocycles. The quantitative estimate of drug-likeness (QED) is 0.770. The summed E-state index contributed by atoms with van der Waals surface area (Å²) in [6.45, 7) is 19.3. The highest BCUT2D eigenvalue weighted by atomic mass is 15.4. The smallest absolute Gasteiger partial charge is 0.0232 e. The van der Waals surface area contributed by atoms with Gasteiger partial charge in [0, 0.05) is 36.8 Å². The molecule has 19 heavy (non-hydrogen) atoms. The molecule has 2 saturated heterocycles. The molecule has 112 valence electrons. The third-order valence-corrected chi connectivity index (χ3v) is 5.67. The zero-order chi connectivity index (χ0) is 14.4. The summed E-state index contributed by atoms with van der Waals surface area (Å²) in [4.78, 5) is 5.57. The molecule has 2 fully saturated rings. The van der Waals surface area contributed by atoms with E-state index in [-0.39, 0.29) is 0 Å². The predicted molar refractivity (Wildman–Crippen MR) is 83.4 cm³/mol. The third kappa shape index (κ3) is 3.00. The lowest BCUT2D eigenvalue weighted by Crippen LogP contribution is -2.62. The molecule has 0 N–H and O–H groups in total. The van der Waals surface area contributed by atoms with E-state index in [9.17, 15) is 0 Å². The second-order valence-electron chi connectivity index (χ2n) is 8.26. The van der Waals surface area contributed by atoms with Crippen molar-refractivity contribution in [3.8, 4) is 0 Å². The molecular weight excluding hydrogens is 232 g/mol. The fraction of sp³-hybridized carbons (Fsp3) is 1.00. The van der Waals surface area contributed by atoms with Crippen molar-refractivity contribution in [1.29, 1.82) is 0 Å². The highest BCUT2D eigenvalue weighted by Gasteiger charge is 2.45. The molecule has 2 heterocycles. The molecule has 2 nitrogen and oxygen atoms in total. The average molecular weight is 266 g/mol. The van der Waals surface area contributed by atoms with E-state index in [0.717, 1.165) is 30.0 Å². The van der Waals surface area contributed by atoms with Gasteiger partial charge in [-0.3, -0.25) is 9.80 Å². The van der Waals surface area contributed by atoms with Gasteiger partial charge in [-0.05, 0) is 52.4 Å². The van der Waals surface area contributed by atoms with Crippen molar-refractivity contribution in [3.63, 3.8) is 0 Å². The van der Waals surface area contributed by atoms with Crippen LogP contribution in [-0.4, -0.2) is 46.6 Å². The van der Waals surface area contributed by atoms with Crippen molar-refractivity contribution in [1.82, 2.24) is 9.80 Å². The van der Waals surface area contributed by atoms with Gasteiger partial charge in [-0.2, -0.15) is 0 Å². The SMILES string of the molecule is CC(C)C(C)C(C)N1CC2CCC(C1)N2C(C)(C)C. The molecule has 4 atom stereocenters. The van der Waals surface area contributed by atoms with E-state index in [1.54, 1.807) is 0 Å². The van der Waals surface area contributed by atoms with E-state index in [0.29, 0.717) is 5.54 Å². The molecular formula is C17H34N2. The summed E-state index contributed by atoms with van der Waals surface area (Å²) in [6.07, 6.45) is 2.81. The first-order valence-electron chi connectivity index (χ1n) is 8.24. The van der Waals surface area contributed by atoms with Crippen molar-refractivity contribution in [2.75, 3.05) is 13.1 Å². The monoisotopic (exact) mass is 266 g/mol. The third-order valence-electron chi connectivity index (χ3n) is 5.67. The number of likely N-dealkylation sites (tertiary alicyclic amines) is 1. The Balaban J connectivity index is 2.04. The summed E-state index contributed by atoms with van der Waals surface area (Å²) in [5, 5.41) is 0. The van der Waals surface area contributed by atoms with Crippen LogP contribution in [0.2, 0.25) is 0 Å². The molecule has 0 aromatic rings. The lowest BCUT2D eigenvalue weighted by Gasteiger charge is -2.50. The van der Waals surface area contributed by atoms with E-state index >= 15 is 0 Å². The topological polar surface area (TPSA) is 6.48 Å². The number of rotatable bonds is 3. The number of hydrogen-bond donors (Lipinski definition) is 0. The van der Waals surface area contributed by atoms with Crippen molar-refractivity contribution < 1.29 is 0 Å². The molecule has 2 aliphatic rings. The minimum atomic E-state index is 0.338. The Morgan fingerprint density at radius 3 is 1.74 bits per heavy atom. The summed E-state index contributed by atoms with van der Waals surface area (Å²) in [5.41, 5.74) is 0.338. The predicted octanol–water partition coefficient (Wildman–Crippen LogP) is 3.61. The largest absolute Gasteiger partial charge is 0.297 e. The minimum absolute atomic E-state index is 0.338. The Kier molecular flexibility index (Phi) is 4.32. The highest BCUT2D eigenvalue weighted by molar-refractivity contribution is 5.01. The number of piperazine rings is 1. The van der Waals surface area contributed by atoms with Crippen molar-refractivity contribution >= 4 is 0 Å². The lowest BCUT2D eigenvalue weighted by atomic mass is 9.89. The normalized spacial score (nSPS) is 32.8. The van der Waals surface area contributed by atoms with Crippen LogP contribution >= 0.6 is 0 Å². The van der Waals surface area contributed by atoms with Gasteiger partial charge in [-0.1, -0.05) is 20.8 Å². The maximum Gasteiger partial charge on any atom is 0.0232 e. The number of hydrogen-bond acceptors (Lipinski definition) is 2. The second-order valence-corrected chi connectivity index (χ2v) is 8.26. The molecule has 0 amide bonds. The first kappa shape index (κ1) is 15.3. The zero-order valence-electron chi connectivity index (χ0n) is 14.1. The molecule has 0 saturated carbocycles. The van der Waals surface area contributed by atoms with Gasteiger partial charge in [-0.15, -0.1) is 0 Å². The summed E-state index contributed by atoms with van der Waals surface area (Å²) in [6, 6.07) is 2.31. The van der Waals surface area contributed by atoms with Gasteiger partial charge < -0.3 is 0 Å². The summed E-state index contributed by atoms with van der Waals surface area (Å²) in [7, 11) is 0. The Bertz CT molecular complexity index is 291. The molecule has 0 radical (unpaired) electrons. The molecule has 0 aromatic carbocycles. The fourth-order valence-electron chi connectivity index (χ4n) is 4.25. The van der Waals surface area contributed by atoms with Gasteiger partial charge in [0.15, 0.2) is 0 Å². The molecule has 2 heteroatoms. The number of fused-ring (bicyclic) bond motifs is 2. The van der Waals surface area contributed by atoms with Crippen molar-refractivity contribution in [3.05, 3.63) is 0 Å². The molecule has 4 unspecified atom stereocenters. The van der Waals surface area contributed by atoms with Crippen LogP contribution in [0.1, 0.15) is 61.3 Å². The minimum Gasteiger partial charge on any atom is -0.297 e. The Hall–Kier alpha value is -0.0800. The Morgan fingerprint density at radius 1 is 0.895 bits per heavy atom. The maximum absolute atomic E-state index is 2.80. The first-order chi connectivity index (χ1) is 8.71. The van der Waals surface area contributed by atoms with Crippen molar-refractivity contribution in [2.45, 2.75) is 85.0 Å². The van der Waals surface area contributed by atoms with E-state index in [4.69, 9.17) is 0 Å². The standard InChI is InChI=1S/C17H34N2/c1-12(2)13(3)14(4)18-10-15-8-9-16(11-18)19(15)17(5,6)7/h12-16H,8-11H2,1-7H3. The van der Waals surface area contributed by atoms with Crippen LogP contribution in [0.3, 0.4) is 0 Å².